The van der Waals surface area contributed by atoms with Gasteiger partial charge in [0.05, 0.1) is 23.2 Å². The van der Waals surface area contributed by atoms with Gasteiger partial charge < -0.3 is 10.1 Å². The molecule has 1 saturated heterocycles. The summed E-state index contributed by atoms with van der Waals surface area (Å²) >= 11 is 0. The number of nitro benzene ring substituents is 1. The molecule has 1 amide bonds. The standard InChI is InChI=1S/C13H14F2N2O4/c1-7(8-2-3-21-6-8)16-13(18)9-4-11(15)12(17(19)20)5-10(9)14/h4-5,7-8H,2-3,6H2,1H3,(H,16,18)/t7-,8+/m0/s1. The van der Waals surface area contributed by atoms with Crippen molar-refractivity contribution in [2.24, 2.45) is 5.92 Å². The van der Waals surface area contributed by atoms with Crippen molar-refractivity contribution >= 4 is 11.6 Å². The number of halogens is 2. The zero-order valence-electron chi connectivity index (χ0n) is 11.3. The number of carbonyl (C=O) groups is 1. The average molecular weight is 300 g/mol. The fourth-order valence-corrected chi connectivity index (χ4v) is 2.20. The molecule has 1 aliphatic heterocycles. The number of nitro groups is 1. The second kappa shape index (κ2) is 6.13. The second-order valence-corrected chi connectivity index (χ2v) is 4.93. The second-order valence-electron chi connectivity index (χ2n) is 4.93. The molecule has 1 aliphatic rings. The van der Waals surface area contributed by atoms with Crippen LogP contribution in [0.1, 0.15) is 23.7 Å². The van der Waals surface area contributed by atoms with E-state index in [1.165, 1.54) is 0 Å². The maximum Gasteiger partial charge on any atom is 0.307 e. The molecule has 0 unspecified atom stereocenters. The monoisotopic (exact) mass is 300 g/mol. The summed E-state index contributed by atoms with van der Waals surface area (Å²) in [6.45, 7) is 2.85. The third-order valence-electron chi connectivity index (χ3n) is 3.51. The highest BCUT2D eigenvalue weighted by molar-refractivity contribution is 5.95. The summed E-state index contributed by atoms with van der Waals surface area (Å²) in [4.78, 5) is 21.4. The van der Waals surface area contributed by atoms with E-state index >= 15 is 0 Å². The Hall–Kier alpha value is -2.09. The van der Waals surface area contributed by atoms with E-state index in [9.17, 15) is 23.7 Å². The van der Waals surface area contributed by atoms with Crippen LogP contribution in [0.15, 0.2) is 12.1 Å². The number of amides is 1. The van der Waals surface area contributed by atoms with Crippen LogP contribution in [0.5, 0.6) is 0 Å². The van der Waals surface area contributed by atoms with Gasteiger partial charge in [0.2, 0.25) is 5.82 Å². The van der Waals surface area contributed by atoms with Crippen LogP contribution >= 0.6 is 0 Å². The molecule has 8 heteroatoms. The number of carbonyl (C=O) groups excluding carboxylic acids is 1. The van der Waals surface area contributed by atoms with Crippen LogP contribution in [0.3, 0.4) is 0 Å². The first-order valence-electron chi connectivity index (χ1n) is 6.42. The number of ether oxygens (including phenoxy) is 1. The minimum atomic E-state index is -1.25. The van der Waals surface area contributed by atoms with Crippen molar-refractivity contribution in [2.75, 3.05) is 13.2 Å². The molecule has 2 rings (SSSR count). The molecule has 0 aromatic heterocycles. The molecule has 0 bridgehead atoms. The van der Waals surface area contributed by atoms with Crippen LogP contribution in [0.25, 0.3) is 0 Å². The van der Waals surface area contributed by atoms with Crippen molar-refractivity contribution in [1.82, 2.24) is 5.32 Å². The fourth-order valence-electron chi connectivity index (χ4n) is 2.20. The zero-order valence-corrected chi connectivity index (χ0v) is 11.3. The van der Waals surface area contributed by atoms with Crippen LogP contribution in [-0.2, 0) is 4.74 Å². The van der Waals surface area contributed by atoms with Crippen molar-refractivity contribution in [3.8, 4) is 0 Å². The number of hydrogen-bond acceptors (Lipinski definition) is 4. The highest BCUT2D eigenvalue weighted by Crippen LogP contribution is 2.22. The number of nitrogens with zero attached hydrogens (tertiary/aromatic N) is 1. The molecule has 1 N–H and O–H groups in total. The van der Waals surface area contributed by atoms with Crippen LogP contribution in [0, 0.1) is 27.7 Å². The summed E-state index contributed by atoms with van der Waals surface area (Å²) in [6, 6.07) is 0.687. The maximum atomic E-state index is 13.7. The van der Waals surface area contributed by atoms with Gasteiger partial charge in [-0.05, 0) is 19.4 Å². The molecule has 21 heavy (non-hydrogen) atoms. The minimum Gasteiger partial charge on any atom is -0.381 e. The molecule has 0 aliphatic carbocycles. The van der Waals surface area contributed by atoms with E-state index in [1.807, 2.05) is 0 Å². The van der Waals surface area contributed by atoms with Crippen LogP contribution < -0.4 is 5.32 Å². The summed E-state index contributed by atoms with van der Waals surface area (Å²) in [5, 5.41) is 13.1. The topological polar surface area (TPSA) is 81.5 Å². The normalized spacial score (nSPS) is 19.3. The molecule has 2 atom stereocenters. The quantitative estimate of drug-likeness (QED) is 0.681. The smallest absolute Gasteiger partial charge is 0.307 e. The SMILES string of the molecule is C[C@H](NC(=O)c1cc(F)c([N+](=O)[O-])cc1F)[C@@H]1CCOC1. The van der Waals surface area contributed by atoms with E-state index in [0.717, 1.165) is 6.42 Å². The van der Waals surface area contributed by atoms with Crippen molar-refractivity contribution in [3.05, 3.63) is 39.4 Å². The van der Waals surface area contributed by atoms with Crippen LogP contribution in [0.4, 0.5) is 14.5 Å². The maximum absolute atomic E-state index is 13.7. The van der Waals surface area contributed by atoms with E-state index in [4.69, 9.17) is 4.74 Å². The summed E-state index contributed by atoms with van der Waals surface area (Å²) in [7, 11) is 0. The van der Waals surface area contributed by atoms with E-state index in [-0.39, 0.29) is 12.0 Å². The van der Waals surface area contributed by atoms with Gasteiger partial charge in [0.25, 0.3) is 5.91 Å². The van der Waals surface area contributed by atoms with Gasteiger partial charge in [-0.1, -0.05) is 0 Å². The lowest BCUT2D eigenvalue weighted by Crippen LogP contribution is -2.38. The van der Waals surface area contributed by atoms with Gasteiger partial charge >= 0.3 is 5.69 Å². The zero-order chi connectivity index (χ0) is 15.6. The minimum absolute atomic E-state index is 0.111. The first-order chi connectivity index (χ1) is 9.90. The number of benzene rings is 1. The third kappa shape index (κ3) is 3.33. The Morgan fingerprint density at radius 1 is 1.48 bits per heavy atom. The van der Waals surface area contributed by atoms with Crippen molar-refractivity contribution in [2.45, 2.75) is 19.4 Å². The lowest BCUT2D eigenvalue weighted by molar-refractivity contribution is -0.387. The van der Waals surface area contributed by atoms with Gasteiger partial charge in [-0.15, -0.1) is 0 Å². The van der Waals surface area contributed by atoms with Crippen molar-refractivity contribution in [3.63, 3.8) is 0 Å². The summed E-state index contributed by atoms with van der Waals surface area (Å²) in [6.07, 6.45) is 0.776. The van der Waals surface area contributed by atoms with Crippen LogP contribution in [-0.4, -0.2) is 30.1 Å². The molecule has 0 spiro atoms. The number of nitrogens with one attached hydrogen (secondary N) is 1. The Kier molecular flexibility index (Phi) is 4.46. The molecular weight excluding hydrogens is 286 g/mol. The number of hydrogen-bond donors (Lipinski definition) is 1. The van der Waals surface area contributed by atoms with Gasteiger partial charge in [-0.25, -0.2) is 4.39 Å². The highest BCUT2D eigenvalue weighted by atomic mass is 19.1. The first kappa shape index (κ1) is 15.3. The van der Waals surface area contributed by atoms with E-state index in [0.29, 0.717) is 25.3 Å². The summed E-state index contributed by atoms with van der Waals surface area (Å²) < 4.78 is 32.4. The molecule has 0 saturated carbocycles. The van der Waals surface area contributed by atoms with Gasteiger partial charge in [0, 0.05) is 18.6 Å². The highest BCUT2D eigenvalue weighted by Gasteiger charge is 2.26. The molecule has 0 radical (unpaired) electrons. The van der Waals surface area contributed by atoms with Gasteiger partial charge in [-0.2, -0.15) is 4.39 Å². The van der Waals surface area contributed by atoms with Crippen molar-refractivity contribution in [1.29, 1.82) is 0 Å². The molecule has 1 fully saturated rings. The Morgan fingerprint density at radius 3 is 2.76 bits per heavy atom. The Bertz CT molecular complexity index is 574. The van der Waals surface area contributed by atoms with Crippen molar-refractivity contribution < 1.29 is 23.2 Å². The Morgan fingerprint density at radius 2 is 2.19 bits per heavy atom. The van der Waals surface area contributed by atoms with E-state index in [2.05, 4.69) is 5.32 Å². The first-order valence-corrected chi connectivity index (χ1v) is 6.42. The summed E-state index contributed by atoms with van der Waals surface area (Å²) in [5.41, 5.74) is -1.55. The Labute approximate surface area is 119 Å². The lowest BCUT2D eigenvalue weighted by Gasteiger charge is -2.19. The Balaban J connectivity index is 2.15. The molecule has 1 heterocycles. The van der Waals surface area contributed by atoms with E-state index < -0.39 is 33.7 Å². The van der Waals surface area contributed by atoms with Gasteiger partial charge in [-0.3, -0.25) is 14.9 Å². The third-order valence-corrected chi connectivity index (χ3v) is 3.51. The molecule has 6 nitrogen and oxygen atoms in total. The summed E-state index contributed by atoms with van der Waals surface area (Å²) in [5.74, 6) is -3.07. The predicted octanol–water partition coefficient (Wildman–Crippen LogP) is 2.03. The molecular formula is C13H14F2N2O4. The molecule has 1 aromatic carbocycles. The largest absolute Gasteiger partial charge is 0.381 e. The van der Waals surface area contributed by atoms with Gasteiger partial charge in [0.1, 0.15) is 5.82 Å². The van der Waals surface area contributed by atoms with Gasteiger partial charge in [0.15, 0.2) is 0 Å². The molecule has 1 aromatic rings. The average Bonchev–Trinajstić information content (AvgIpc) is 2.94. The van der Waals surface area contributed by atoms with Crippen LogP contribution in [0.2, 0.25) is 0 Å². The lowest BCUT2D eigenvalue weighted by atomic mass is 10.0. The fraction of sp³-hybridized carbons (Fsp3) is 0.462. The van der Waals surface area contributed by atoms with E-state index in [1.54, 1.807) is 6.92 Å². The molecule has 114 valence electrons. The predicted molar refractivity (Wildman–Crippen MR) is 68.9 cm³/mol. The number of rotatable bonds is 4.